The minimum Gasteiger partial charge on any atom is -0.508 e. The predicted octanol–water partition coefficient (Wildman–Crippen LogP) is 3.23. The van der Waals surface area contributed by atoms with Gasteiger partial charge in [0, 0.05) is 18.7 Å². The van der Waals surface area contributed by atoms with Crippen molar-refractivity contribution in [1.29, 1.82) is 0 Å². The van der Waals surface area contributed by atoms with Crippen LogP contribution in [-0.2, 0) is 19.8 Å². The molecule has 0 aliphatic carbocycles. The molecule has 1 N–H and O–H groups in total. The van der Waals surface area contributed by atoms with Crippen molar-refractivity contribution in [3.05, 3.63) is 62.5 Å². The molecule has 2 aromatic carbocycles. The average Bonchev–Trinajstić information content (AvgIpc) is 2.95. The van der Waals surface area contributed by atoms with Crippen molar-refractivity contribution >= 4 is 11.6 Å². The third kappa shape index (κ3) is 3.68. The van der Waals surface area contributed by atoms with Crippen LogP contribution in [0.15, 0.2) is 35.1 Å². The molecule has 0 fully saturated rings. The van der Waals surface area contributed by atoms with Crippen LogP contribution >= 0.6 is 11.6 Å². The van der Waals surface area contributed by atoms with Crippen molar-refractivity contribution in [2.45, 2.75) is 19.7 Å². The van der Waals surface area contributed by atoms with Crippen LogP contribution in [0.25, 0.3) is 5.69 Å². The van der Waals surface area contributed by atoms with E-state index in [0.29, 0.717) is 5.56 Å². The second-order valence-electron chi connectivity index (χ2n) is 5.96. The van der Waals surface area contributed by atoms with Crippen molar-refractivity contribution < 1.29 is 23.0 Å². The minimum absolute atomic E-state index is 0.0332. The minimum atomic E-state index is -4.69. The number of halogens is 4. The Labute approximate surface area is 161 Å². The number of hydrogen-bond acceptors (Lipinski definition) is 5. The van der Waals surface area contributed by atoms with Crippen molar-refractivity contribution in [2.24, 2.45) is 7.05 Å². The van der Waals surface area contributed by atoms with Crippen molar-refractivity contribution in [2.75, 3.05) is 0 Å². The third-order valence-corrected chi connectivity index (χ3v) is 4.32. The van der Waals surface area contributed by atoms with Crippen molar-refractivity contribution in [1.82, 2.24) is 19.8 Å². The predicted molar refractivity (Wildman–Crippen MR) is 93.8 cm³/mol. The molecule has 0 saturated heterocycles. The van der Waals surface area contributed by atoms with Crippen molar-refractivity contribution in [3.8, 4) is 17.2 Å². The van der Waals surface area contributed by atoms with E-state index in [2.05, 4.69) is 10.4 Å². The molecule has 0 radical (unpaired) electrons. The Bertz CT molecular complexity index is 1090. The van der Waals surface area contributed by atoms with E-state index >= 15 is 0 Å². The lowest BCUT2D eigenvalue weighted by Crippen LogP contribution is -2.24. The zero-order valence-electron chi connectivity index (χ0n) is 14.7. The van der Waals surface area contributed by atoms with Crippen LogP contribution in [0.4, 0.5) is 13.2 Å². The molecule has 1 aromatic heterocycles. The highest BCUT2D eigenvalue weighted by atomic mass is 35.5. The van der Waals surface area contributed by atoms with Crippen LogP contribution in [0.1, 0.15) is 16.7 Å². The molecule has 1 heterocycles. The number of aromatic hydroxyl groups is 1. The summed E-state index contributed by atoms with van der Waals surface area (Å²) in [4.78, 5) is 12.1. The Morgan fingerprint density at radius 1 is 1.25 bits per heavy atom. The topological polar surface area (TPSA) is 82.2 Å². The fraction of sp³-hybridized carbons (Fsp3) is 0.235. The third-order valence-electron chi connectivity index (χ3n) is 4.03. The molecule has 0 aliphatic rings. The summed E-state index contributed by atoms with van der Waals surface area (Å²) in [7, 11) is 1.33. The Balaban J connectivity index is 2.09. The van der Waals surface area contributed by atoms with E-state index in [1.165, 1.54) is 31.3 Å². The normalized spacial score (nSPS) is 11.6. The van der Waals surface area contributed by atoms with Crippen molar-refractivity contribution in [3.63, 3.8) is 0 Å². The van der Waals surface area contributed by atoms with E-state index in [1.807, 2.05) is 0 Å². The molecule has 0 atom stereocenters. The molecule has 148 valence electrons. The van der Waals surface area contributed by atoms with Gasteiger partial charge in [-0.1, -0.05) is 17.7 Å². The van der Waals surface area contributed by atoms with E-state index in [-0.39, 0.29) is 27.8 Å². The molecule has 0 bridgehead atoms. The molecule has 0 saturated carbocycles. The Hall–Kier alpha value is -3.01. The second-order valence-corrected chi connectivity index (χ2v) is 6.36. The number of tetrazole rings is 1. The molecule has 3 rings (SSSR count). The Morgan fingerprint density at radius 2 is 1.96 bits per heavy atom. The summed E-state index contributed by atoms with van der Waals surface area (Å²) in [5.41, 5.74) is -1.67. The molecule has 0 spiro atoms. The van der Waals surface area contributed by atoms with Crippen LogP contribution in [-0.4, -0.2) is 24.9 Å². The van der Waals surface area contributed by atoms with Crippen LogP contribution in [0.3, 0.4) is 0 Å². The quantitative estimate of drug-likeness (QED) is 0.708. The maximum atomic E-state index is 13.5. The van der Waals surface area contributed by atoms with E-state index in [1.54, 1.807) is 6.92 Å². The Kier molecular flexibility index (Phi) is 5.07. The highest BCUT2D eigenvalue weighted by Gasteiger charge is 2.35. The molecular weight excluding hydrogens is 401 g/mol. The van der Waals surface area contributed by atoms with Gasteiger partial charge in [-0.25, -0.2) is 4.79 Å². The number of benzene rings is 2. The lowest BCUT2D eigenvalue weighted by molar-refractivity contribution is -0.138. The van der Waals surface area contributed by atoms with Crippen LogP contribution in [0.5, 0.6) is 11.5 Å². The number of phenols is 1. The zero-order valence-corrected chi connectivity index (χ0v) is 15.4. The van der Waals surface area contributed by atoms with Crippen LogP contribution in [0.2, 0.25) is 5.02 Å². The van der Waals surface area contributed by atoms with E-state index in [9.17, 15) is 23.1 Å². The van der Waals surface area contributed by atoms with Gasteiger partial charge >= 0.3 is 11.9 Å². The molecule has 0 aliphatic heterocycles. The maximum absolute atomic E-state index is 13.5. The number of rotatable bonds is 4. The van der Waals surface area contributed by atoms with E-state index in [4.69, 9.17) is 16.3 Å². The van der Waals surface area contributed by atoms with Gasteiger partial charge in [0.1, 0.15) is 18.1 Å². The zero-order chi connectivity index (χ0) is 20.6. The molecule has 28 heavy (non-hydrogen) atoms. The van der Waals surface area contributed by atoms with Gasteiger partial charge in [-0.2, -0.15) is 22.5 Å². The SMILES string of the molecule is Cc1cc(OCc2c(-n3nnn(C)c3=O)cccc2C(F)(F)F)c(Cl)cc1O. The first-order chi connectivity index (χ1) is 13.1. The summed E-state index contributed by atoms with van der Waals surface area (Å²) < 4.78 is 47.7. The van der Waals surface area contributed by atoms with Gasteiger partial charge in [-0.15, -0.1) is 0 Å². The summed E-state index contributed by atoms with van der Waals surface area (Å²) in [5.74, 6) is 0.0197. The average molecular weight is 415 g/mol. The molecule has 0 amide bonds. The van der Waals surface area contributed by atoms with Gasteiger partial charge in [-0.3, -0.25) is 0 Å². The van der Waals surface area contributed by atoms with E-state index < -0.39 is 24.0 Å². The summed E-state index contributed by atoms with van der Waals surface area (Å²) in [5, 5.41) is 16.8. The summed E-state index contributed by atoms with van der Waals surface area (Å²) in [6, 6.07) is 6.00. The van der Waals surface area contributed by atoms with E-state index in [0.717, 1.165) is 15.4 Å². The summed E-state index contributed by atoms with van der Waals surface area (Å²) in [6.45, 7) is 1.05. The monoisotopic (exact) mass is 414 g/mol. The summed E-state index contributed by atoms with van der Waals surface area (Å²) in [6.07, 6.45) is -4.69. The highest BCUT2D eigenvalue weighted by Crippen LogP contribution is 2.36. The number of hydrogen-bond donors (Lipinski definition) is 1. The molecular formula is C17H14ClF3N4O3. The number of nitrogens with zero attached hydrogens (tertiary/aromatic N) is 4. The molecule has 11 heteroatoms. The first-order valence-electron chi connectivity index (χ1n) is 7.90. The van der Waals surface area contributed by atoms with Gasteiger partial charge in [0.15, 0.2) is 0 Å². The number of aryl methyl sites for hydroxylation is 2. The van der Waals surface area contributed by atoms with Gasteiger partial charge in [0.2, 0.25) is 0 Å². The van der Waals surface area contributed by atoms with Gasteiger partial charge < -0.3 is 9.84 Å². The fourth-order valence-corrected chi connectivity index (χ4v) is 2.77. The summed E-state index contributed by atoms with van der Waals surface area (Å²) >= 11 is 5.99. The van der Waals surface area contributed by atoms with Gasteiger partial charge in [0.05, 0.1) is 16.3 Å². The number of aromatic nitrogens is 4. The first-order valence-corrected chi connectivity index (χ1v) is 8.27. The Morgan fingerprint density at radius 3 is 2.57 bits per heavy atom. The molecule has 0 unspecified atom stereocenters. The standard InChI is InChI=1S/C17H14ClF3N4O3/c1-9-6-15(12(18)7-14(9)26)28-8-10-11(17(19,20)21)4-3-5-13(10)25-16(27)24(2)22-23-25/h3-7,26H,8H2,1-2H3. The van der Waals surface area contributed by atoms with Gasteiger partial charge in [0.25, 0.3) is 0 Å². The van der Waals surface area contributed by atoms with Gasteiger partial charge in [-0.05, 0) is 41.1 Å². The number of phenolic OH excluding ortho intramolecular Hbond substituents is 1. The lowest BCUT2D eigenvalue weighted by atomic mass is 10.1. The number of alkyl halides is 3. The maximum Gasteiger partial charge on any atom is 0.416 e. The number of ether oxygens (including phenoxy) is 1. The molecule has 3 aromatic rings. The largest absolute Gasteiger partial charge is 0.508 e. The first kappa shape index (κ1) is 19.7. The smallest absolute Gasteiger partial charge is 0.416 e. The lowest BCUT2D eigenvalue weighted by Gasteiger charge is -2.17. The fourth-order valence-electron chi connectivity index (χ4n) is 2.56. The highest BCUT2D eigenvalue weighted by molar-refractivity contribution is 6.32. The second kappa shape index (κ2) is 7.19. The molecule has 7 nitrogen and oxygen atoms in total. The van der Waals surface area contributed by atoms with Crippen LogP contribution < -0.4 is 10.4 Å². The van der Waals surface area contributed by atoms with Crippen LogP contribution in [0, 0.1) is 6.92 Å².